The monoisotopic (exact) mass is 277 g/mol. The van der Waals surface area contributed by atoms with E-state index in [1.165, 1.54) is 10.8 Å². The predicted molar refractivity (Wildman–Crippen MR) is 75.9 cm³/mol. The fourth-order valence-corrected chi connectivity index (χ4v) is 4.10. The van der Waals surface area contributed by atoms with E-state index in [4.69, 9.17) is 9.92 Å². The molecule has 0 bridgehead atoms. The van der Waals surface area contributed by atoms with Crippen molar-refractivity contribution < 1.29 is 8.39 Å². The first-order valence-corrected chi connectivity index (χ1v) is 8.73. The Morgan fingerprint density at radius 3 is 2.82 bits per heavy atom. The Balaban J connectivity index is 2.32. The smallest absolute Gasteiger partial charge is 0.219 e. The Morgan fingerprint density at radius 2 is 2.12 bits per heavy atom. The molecule has 0 amide bonds. The lowest BCUT2D eigenvalue weighted by Crippen LogP contribution is -2.25. The minimum absolute atomic E-state index is 0.103. The van der Waals surface area contributed by atoms with Crippen LogP contribution in [-0.2, 0) is 14.3 Å². The van der Waals surface area contributed by atoms with Crippen LogP contribution >= 0.6 is 10.8 Å². The standard InChI is InChI=1S/C12H23NO2S2/c1-3-10(2)16-17(14)15-12-7-5-4-6-11(13)8-9-12/h3,10-12H,1,4-9,13H2,2H3. The van der Waals surface area contributed by atoms with Crippen LogP contribution in [-0.4, -0.2) is 21.6 Å². The van der Waals surface area contributed by atoms with Gasteiger partial charge in [-0.2, -0.15) is 0 Å². The fraction of sp³-hybridized carbons (Fsp3) is 0.833. The molecule has 0 aromatic carbocycles. The molecule has 1 aliphatic carbocycles. The maximum Gasteiger partial charge on any atom is 0.219 e. The van der Waals surface area contributed by atoms with Crippen molar-refractivity contribution >= 4 is 20.9 Å². The summed E-state index contributed by atoms with van der Waals surface area (Å²) in [6, 6.07) is 0.287. The van der Waals surface area contributed by atoms with Crippen LogP contribution in [0, 0.1) is 0 Å². The van der Waals surface area contributed by atoms with Gasteiger partial charge >= 0.3 is 0 Å². The Morgan fingerprint density at radius 1 is 1.41 bits per heavy atom. The summed E-state index contributed by atoms with van der Waals surface area (Å²) in [5.41, 5.74) is 5.95. The molecular weight excluding hydrogens is 254 g/mol. The summed E-state index contributed by atoms with van der Waals surface area (Å²) in [7, 11) is 0.0391. The van der Waals surface area contributed by atoms with Crippen molar-refractivity contribution in [2.45, 2.75) is 62.8 Å². The summed E-state index contributed by atoms with van der Waals surface area (Å²) in [6.07, 6.45) is 8.17. The van der Waals surface area contributed by atoms with Gasteiger partial charge in [0.25, 0.3) is 0 Å². The van der Waals surface area contributed by atoms with Crippen molar-refractivity contribution in [1.82, 2.24) is 0 Å². The molecule has 1 rings (SSSR count). The average Bonchev–Trinajstić information content (AvgIpc) is 2.28. The number of hydrogen-bond acceptors (Lipinski definition) is 4. The molecule has 100 valence electrons. The quantitative estimate of drug-likeness (QED) is 0.620. The molecule has 0 spiro atoms. The summed E-state index contributed by atoms with van der Waals surface area (Å²) in [5.74, 6) is 0. The lowest BCUT2D eigenvalue weighted by atomic mass is 9.96. The normalized spacial score (nSPS) is 30.0. The summed E-state index contributed by atoms with van der Waals surface area (Å²) >= 11 is 0. The largest absolute Gasteiger partial charge is 0.328 e. The van der Waals surface area contributed by atoms with Gasteiger partial charge in [0.2, 0.25) is 10.1 Å². The Kier molecular flexibility index (Phi) is 7.43. The van der Waals surface area contributed by atoms with Gasteiger partial charge in [-0.25, -0.2) is 4.21 Å². The molecule has 2 N–H and O–H groups in total. The second kappa shape index (κ2) is 8.29. The van der Waals surface area contributed by atoms with Gasteiger partial charge in [0.1, 0.15) is 0 Å². The highest BCUT2D eigenvalue weighted by atomic mass is 33.1. The molecule has 0 aromatic heterocycles. The molecule has 0 radical (unpaired) electrons. The first-order valence-electron chi connectivity index (χ1n) is 6.26. The number of rotatable bonds is 5. The topological polar surface area (TPSA) is 52.3 Å². The minimum Gasteiger partial charge on any atom is -0.328 e. The van der Waals surface area contributed by atoms with Gasteiger partial charge in [0.15, 0.2) is 0 Å². The summed E-state index contributed by atoms with van der Waals surface area (Å²) in [6.45, 7) is 5.64. The third kappa shape index (κ3) is 6.60. The molecular formula is C12H23NO2S2. The zero-order chi connectivity index (χ0) is 12.7. The highest BCUT2D eigenvalue weighted by Gasteiger charge is 2.18. The van der Waals surface area contributed by atoms with Crippen LogP contribution in [0.5, 0.6) is 0 Å². The van der Waals surface area contributed by atoms with Gasteiger partial charge in [-0.1, -0.05) is 18.9 Å². The predicted octanol–water partition coefficient (Wildman–Crippen LogP) is 2.94. The maximum atomic E-state index is 11.7. The zero-order valence-corrected chi connectivity index (χ0v) is 12.1. The van der Waals surface area contributed by atoms with E-state index in [1.807, 2.05) is 6.92 Å². The molecule has 0 heterocycles. The van der Waals surface area contributed by atoms with E-state index in [1.54, 1.807) is 6.08 Å². The van der Waals surface area contributed by atoms with Crippen molar-refractivity contribution in [3.63, 3.8) is 0 Å². The number of hydrogen-bond donors (Lipinski definition) is 1. The van der Waals surface area contributed by atoms with E-state index < -0.39 is 10.1 Å². The van der Waals surface area contributed by atoms with Crippen molar-refractivity contribution in [3.05, 3.63) is 12.7 Å². The first kappa shape index (κ1) is 15.2. The van der Waals surface area contributed by atoms with Crippen LogP contribution < -0.4 is 5.73 Å². The Hall–Kier alpha value is 0.160. The van der Waals surface area contributed by atoms with Gasteiger partial charge in [0.05, 0.1) is 6.10 Å². The van der Waals surface area contributed by atoms with Crippen molar-refractivity contribution in [1.29, 1.82) is 0 Å². The lowest BCUT2D eigenvalue weighted by molar-refractivity contribution is 0.186. The summed E-state index contributed by atoms with van der Waals surface area (Å²) in [4.78, 5) is 0. The van der Waals surface area contributed by atoms with Crippen molar-refractivity contribution in [2.75, 3.05) is 0 Å². The van der Waals surface area contributed by atoms with E-state index in [0.717, 1.165) is 38.5 Å². The maximum absolute atomic E-state index is 11.7. The van der Waals surface area contributed by atoms with Crippen LogP contribution in [0.25, 0.3) is 0 Å². The van der Waals surface area contributed by atoms with E-state index in [-0.39, 0.29) is 17.4 Å². The Bertz CT molecular complexity index is 261. The van der Waals surface area contributed by atoms with Gasteiger partial charge in [-0.15, -0.1) is 6.58 Å². The van der Waals surface area contributed by atoms with Crippen LogP contribution in [0.3, 0.4) is 0 Å². The second-order valence-electron chi connectivity index (χ2n) is 4.58. The van der Waals surface area contributed by atoms with Gasteiger partial charge in [0, 0.05) is 11.3 Å². The molecule has 0 aromatic rings. The molecule has 5 heteroatoms. The Labute approximate surface area is 111 Å². The highest BCUT2D eigenvalue weighted by Crippen LogP contribution is 2.24. The molecule has 1 fully saturated rings. The van der Waals surface area contributed by atoms with Crippen molar-refractivity contribution in [2.24, 2.45) is 5.73 Å². The lowest BCUT2D eigenvalue weighted by Gasteiger charge is -2.22. The van der Waals surface area contributed by atoms with Crippen molar-refractivity contribution in [3.8, 4) is 0 Å². The average molecular weight is 277 g/mol. The second-order valence-corrected chi connectivity index (χ2v) is 7.51. The minimum atomic E-state index is -1.27. The molecule has 17 heavy (non-hydrogen) atoms. The van der Waals surface area contributed by atoms with Crippen LogP contribution in [0.2, 0.25) is 0 Å². The van der Waals surface area contributed by atoms with E-state index in [9.17, 15) is 4.21 Å². The third-order valence-corrected chi connectivity index (χ3v) is 5.69. The van der Waals surface area contributed by atoms with Crippen LogP contribution in [0.4, 0.5) is 0 Å². The van der Waals surface area contributed by atoms with Gasteiger partial charge in [-0.3, -0.25) is 4.18 Å². The molecule has 0 aliphatic heterocycles. The van der Waals surface area contributed by atoms with Gasteiger partial charge in [-0.05, 0) is 43.4 Å². The number of nitrogens with two attached hydrogens (primary N) is 1. The third-order valence-electron chi connectivity index (χ3n) is 2.99. The van der Waals surface area contributed by atoms with Crippen LogP contribution in [0.15, 0.2) is 12.7 Å². The fourth-order valence-electron chi connectivity index (χ4n) is 1.86. The summed E-state index contributed by atoms with van der Waals surface area (Å²) < 4.78 is 17.3. The highest BCUT2D eigenvalue weighted by molar-refractivity contribution is 8.67. The zero-order valence-electron chi connectivity index (χ0n) is 10.5. The molecule has 0 saturated heterocycles. The van der Waals surface area contributed by atoms with E-state index in [0.29, 0.717) is 0 Å². The molecule has 3 nitrogen and oxygen atoms in total. The molecule has 4 unspecified atom stereocenters. The van der Waals surface area contributed by atoms with E-state index >= 15 is 0 Å². The molecule has 1 aliphatic rings. The SMILES string of the molecule is C=CC(C)SS(=O)OC1CCCCC(N)CC1. The van der Waals surface area contributed by atoms with Crippen LogP contribution in [0.1, 0.15) is 45.4 Å². The van der Waals surface area contributed by atoms with Gasteiger partial charge < -0.3 is 5.73 Å². The molecule has 4 atom stereocenters. The first-order chi connectivity index (χ1) is 8.11. The summed E-state index contributed by atoms with van der Waals surface area (Å²) in [5, 5.41) is 0.159. The molecule has 1 saturated carbocycles. The van der Waals surface area contributed by atoms with E-state index in [2.05, 4.69) is 6.58 Å².